The first-order chi connectivity index (χ1) is 15.4. The lowest BCUT2D eigenvalue weighted by Gasteiger charge is -2.30. The molecule has 3 nitrogen and oxygen atoms in total. The Labute approximate surface area is 190 Å². The zero-order valence-electron chi connectivity index (χ0n) is 19.0. The minimum absolute atomic E-state index is 0.0948. The van der Waals surface area contributed by atoms with Crippen molar-refractivity contribution in [3.05, 3.63) is 107 Å². The summed E-state index contributed by atoms with van der Waals surface area (Å²) >= 11 is 0. The van der Waals surface area contributed by atoms with E-state index in [1.807, 2.05) is 18.2 Å². The van der Waals surface area contributed by atoms with Crippen molar-refractivity contribution < 1.29 is 4.79 Å². The van der Waals surface area contributed by atoms with E-state index in [1.54, 1.807) is 0 Å². The molecule has 0 saturated carbocycles. The van der Waals surface area contributed by atoms with Gasteiger partial charge in [-0.2, -0.15) is 0 Å². The van der Waals surface area contributed by atoms with E-state index >= 15 is 0 Å². The number of nitrogens with one attached hydrogen (secondary N) is 2. The number of Topliss-reactive ketones (excluding diaryl/α,β-unsaturated/α-hetero) is 1. The number of rotatable bonds is 2. The molecule has 0 saturated heterocycles. The van der Waals surface area contributed by atoms with Crippen LogP contribution in [0.5, 0.6) is 0 Å². The molecule has 32 heavy (non-hydrogen) atoms. The summed E-state index contributed by atoms with van der Waals surface area (Å²) in [5.41, 5.74) is 7.70. The van der Waals surface area contributed by atoms with E-state index in [4.69, 9.17) is 0 Å². The zero-order chi connectivity index (χ0) is 22.3. The first-order valence-electron chi connectivity index (χ1n) is 11.4. The fourth-order valence-electron chi connectivity index (χ4n) is 4.88. The van der Waals surface area contributed by atoms with Gasteiger partial charge in [-0.1, -0.05) is 87.5 Å². The van der Waals surface area contributed by atoms with Gasteiger partial charge < -0.3 is 10.6 Å². The summed E-state index contributed by atoms with van der Waals surface area (Å²) < 4.78 is 0. The highest BCUT2D eigenvalue weighted by molar-refractivity contribution is 6.01. The van der Waals surface area contributed by atoms with Gasteiger partial charge in [0.05, 0.1) is 17.4 Å². The summed E-state index contributed by atoms with van der Waals surface area (Å²) in [5, 5.41) is 7.30. The Bertz CT molecular complexity index is 1170. The lowest BCUT2D eigenvalue weighted by atomic mass is 9.78. The quantitative estimate of drug-likeness (QED) is 0.469. The number of fused-ring (bicyclic) bond motifs is 1. The molecular formula is C29H30N2O. The van der Waals surface area contributed by atoms with Gasteiger partial charge in [0, 0.05) is 17.7 Å². The standard InChI is InChI=1S/C29H30N2O/c1-29(2,3)22-15-13-20(14-16-22)28-27-25(30-23-11-7-8-12-24(23)31-28)17-21(18-26(27)32)19-9-5-4-6-10-19/h4-16,21,28,30-31H,17-18H2,1-3H3. The summed E-state index contributed by atoms with van der Waals surface area (Å²) in [5.74, 6) is 0.418. The van der Waals surface area contributed by atoms with Crippen LogP contribution in [0.3, 0.4) is 0 Å². The Kier molecular flexibility index (Phi) is 5.13. The topological polar surface area (TPSA) is 41.1 Å². The van der Waals surface area contributed by atoms with Gasteiger partial charge in [0.2, 0.25) is 0 Å². The molecule has 0 amide bonds. The van der Waals surface area contributed by atoms with Crippen LogP contribution in [0.15, 0.2) is 90.1 Å². The molecule has 5 rings (SSSR count). The van der Waals surface area contributed by atoms with Gasteiger partial charge in [-0.3, -0.25) is 4.79 Å². The summed E-state index contributed by atoms with van der Waals surface area (Å²) in [6, 6.07) is 27.2. The van der Waals surface area contributed by atoms with Crippen molar-refractivity contribution in [1.82, 2.24) is 0 Å². The third-order valence-corrected chi connectivity index (χ3v) is 6.69. The largest absolute Gasteiger partial charge is 0.372 e. The number of ketones is 1. The van der Waals surface area contributed by atoms with Crippen molar-refractivity contribution >= 4 is 17.2 Å². The number of benzene rings is 3. The summed E-state index contributed by atoms with van der Waals surface area (Å²) in [7, 11) is 0. The third kappa shape index (κ3) is 3.84. The molecule has 1 aliphatic heterocycles. The number of hydrogen-bond donors (Lipinski definition) is 2. The van der Waals surface area contributed by atoms with Gasteiger partial charge >= 0.3 is 0 Å². The molecule has 1 heterocycles. The van der Waals surface area contributed by atoms with Crippen LogP contribution < -0.4 is 10.6 Å². The molecule has 2 unspecified atom stereocenters. The minimum atomic E-state index is -0.167. The molecule has 0 radical (unpaired) electrons. The first kappa shape index (κ1) is 20.6. The van der Waals surface area contributed by atoms with E-state index in [-0.39, 0.29) is 23.2 Å². The van der Waals surface area contributed by atoms with Crippen molar-refractivity contribution in [2.75, 3.05) is 10.6 Å². The van der Waals surface area contributed by atoms with Crippen LogP contribution >= 0.6 is 0 Å². The number of para-hydroxylation sites is 2. The Morgan fingerprint density at radius 2 is 1.41 bits per heavy atom. The van der Waals surface area contributed by atoms with E-state index in [1.165, 1.54) is 11.1 Å². The second-order valence-electron chi connectivity index (χ2n) is 9.95. The normalized spacial score (nSPS) is 20.5. The minimum Gasteiger partial charge on any atom is -0.372 e. The van der Waals surface area contributed by atoms with Crippen LogP contribution in [0.2, 0.25) is 0 Å². The van der Waals surface area contributed by atoms with E-state index in [2.05, 4.69) is 92.1 Å². The molecular weight excluding hydrogens is 392 g/mol. The molecule has 2 atom stereocenters. The van der Waals surface area contributed by atoms with Crippen LogP contribution in [-0.2, 0) is 10.2 Å². The van der Waals surface area contributed by atoms with Crippen LogP contribution in [0, 0.1) is 0 Å². The zero-order valence-corrected chi connectivity index (χ0v) is 19.0. The maximum Gasteiger partial charge on any atom is 0.163 e. The number of carbonyl (C=O) groups is 1. The number of hydrogen-bond acceptors (Lipinski definition) is 3. The van der Waals surface area contributed by atoms with Crippen LogP contribution in [0.1, 0.15) is 62.3 Å². The molecule has 0 bridgehead atoms. The lowest BCUT2D eigenvalue weighted by Crippen LogP contribution is -2.27. The molecule has 3 aromatic rings. The Morgan fingerprint density at radius 3 is 2.09 bits per heavy atom. The molecule has 3 heteroatoms. The average Bonchev–Trinajstić information content (AvgIpc) is 2.96. The fraction of sp³-hybridized carbons (Fsp3) is 0.276. The van der Waals surface area contributed by atoms with E-state index < -0.39 is 0 Å². The number of anilines is 2. The van der Waals surface area contributed by atoms with Gasteiger partial charge in [-0.25, -0.2) is 0 Å². The summed E-state index contributed by atoms with van der Waals surface area (Å²) in [4.78, 5) is 13.6. The predicted octanol–water partition coefficient (Wildman–Crippen LogP) is 6.96. The highest BCUT2D eigenvalue weighted by Gasteiger charge is 2.36. The highest BCUT2D eigenvalue weighted by Crippen LogP contribution is 2.44. The predicted molar refractivity (Wildman–Crippen MR) is 132 cm³/mol. The molecule has 0 spiro atoms. The fourth-order valence-corrected chi connectivity index (χ4v) is 4.88. The van der Waals surface area contributed by atoms with Crippen LogP contribution in [0.4, 0.5) is 11.4 Å². The monoisotopic (exact) mass is 422 g/mol. The Balaban J connectivity index is 1.59. The van der Waals surface area contributed by atoms with Crippen LogP contribution in [0.25, 0.3) is 0 Å². The second-order valence-corrected chi connectivity index (χ2v) is 9.95. The SMILES string of the molecule is CC(C)(C)c1ccc(C2Nc3ccccc3NC3=C2C(=O)CC(c2ccccc2)C3)cc1. The molecule has 0 aromatic heterocycles. The van der Waals surface area contributed by atoms with Gasteiger partial charge in [-0.05, 0) is 46.6 Å². The van der Waals surface area contributed by atoms with Crippen LogP contribution in [-0.4, -0.2) is 5.78 Å². The second kappa shape index (κ2) is 7.98. The number of allylic oxidation sites excluding steroid dienone is 1. The van der Waals surface area contributed by atoms with Gasteiger partial charge in [0.15, 0.2) is 5.78 Å². The van der Waals surface area contributed by atoms with Gasteiger partial charge in [-0.15, -0.1) is 0 Å². The van der Waals surface area contributed by atoms with E-state index in [9.17, 15) is 4.79 Å². The highest BCUT2D eigenvalue weighted by atomic mass is 16.1. The first-order valence-corrected chi connectivity index (χ1v) is 11.4. The number of carbonyl (C=O) groups excluding carboxylic acids is 1. The average molecular weight is 423 g/mol. The molecule has 1 aliphatic carbocycles. The molecule has 0 fully saturated rings. The Hall–Kier alpha value is -3.33. The van der Waals surface area contributed by atoms with Crippen molar-refractivity contribution in [2.24, 2.45) is 0 Å². The summed E-state index contributed by atoms with van der Waals surface area (Å²) in [6.07, 6.45) is 1.37. The molecule has 2 aliphatic rings. The van der Waals surface area contributed by atoms with Crippen molar-refractivity contribution in [3.8, 4) is 0 Å². The molecule has 3 aromatic carbocycles. The maximum absolute atomic E-state index is 13.6. The smallest absolute Gasteiger partial charge is 0.163 e. The lowest BCUT2D eigenvalue weighted by molar-refractivity contribution is -0.116. The third-order valence-electron chi connectivity index (χ3n) is 6.69. The maximum atomic E-state index is 13.6. The summed E-state index contributed by atoms with van der Waals surface area (Å²) in [6.45, 7) is 6.67. The van der Waals surface area contributed by atoms with Gasteiger partial charge in [0.1, 0.15) is 0 Å². The van der Waals surface area contributed by atoms with Crippen molar-refractivity contribution in [3.63, 3.8) is 0 Å². The van der Waals surface area contributed by atoms with Crippen molar-refractivity contribution in [1.29, 1.82) is 0 Å². The molecule has 162 valence electrons. The van der Waals surface area contributed by atoms with E-state index in [0.29, 0.717) is 6.42 Å². The van der Waals surface area contributed by atoms with Crippen molar-refractivity contribution in [2.45, 2.75) is 51.0 Å². The molecule has 2 N–H and O–H groups in total. The van der Waals surface area contributed by atoms with Gasteiger partial charge in [0.25, 0.3) is 0 Å². The van der Waals surface area contributed by atoms with E-state index in [0.717, 1.165) is 34.6 Å². The Morgan fingerprint density at radius 1 is 0.750 bits per heavy atom.